The molecule has 0 aliphatic carbocycles. The molecule has 1 aliphatic rings. The molecule has 1 amide bonds. The van der Waals surface area contributed by atoms with Gasteiger partial charge in [0.1, 0.15) is 12.0 Å². The molecule has 2 aromatic rings. The molecule has 0 bridgehead atoms. The first kappa shape index (κ1) is 15.6. The second-order valence-corrected chi connectivity index (χ2v) is 5.69. The fraction of sp³-hybridized carbons (Fsp3) is 0.412. The van der Waals surface area contributed by atoms with Crippen LogP contribution in [0.1, 0.15) is 18.5 Å². The summed E-state index contributed by atoms with van der Waals surface area (Å²) >= 11 is 0. The predicted octanol–water partition coefficient (Wildman–Crippen LogP) is 2.23. The summed E-state index contributed by atoms with van der Waals surface area (Å²) in [5, 5.41) is 0. The van der Waals surface area contributed by atoms with Crippen molar-refractivity contribution in [2.75, 3.05) is 25.1 Å². The van der Waals surface area contributed by atoms with Crippen molar-refractivity contribution in [1.29, 1.82) is 0 Å². The van der Waals surface area contributed by atoms with Crippen LogP contribution in [0.3, 0.4) is 0 Å². The maximum atomic E-state index is 12.7. The molecule has 3 rings (SSSR count). The number of aromatic nitrogens is 1. The van der Waals surface area contributed by atoms with Gasteiger partial charge in [-0.25, -0.2) is 4.98 Å². The zero-order valence-corrected chi connectivity index (χ0v) is 13.7. The number of methoxy groups -OCH3 is 1. The first-order chi connectivity index (χ1) is 11.1. The number of carbonyl (C=O) groups is 1. The van der Waals surface area contributed by atoms with Gasteiger partial charge >= 0.3 is 0 Å². The van der Waals surface area contributed by atoms with Crippen molar-refractivity contribution in [1.82, 2.24) is 9.88 Å². The minimum Gasteiger partial charge on any atom is -0.497 e. The highest BCUT2D eigenvalue weighted by Gasteiger charge is 2.32. The molecule has 2 heterocycles. The van der Waals surface area contributed by atoms with Crippen LogP contribution in [-0.4, -0.2) is 42.0 Å². The monoisotopic (exact) mass is 315 g/mol. The summed E-state index contributed by atoms with van der Waals surface area (Å²) < 4.78 is 10.4. The first-order valence-electron chi connectivity index (χ1n) is 7.69. The van der Waals surface area contributed by atoms with Crippen LogP contribution in [0.25, 0.3) is 0 Å². The molecule has 1 aromatic carbocycles. The van der Waals surface area contributed by atoms with Gasteiger partial charge in [-0.15, -0.1) is 0 Å². The number of hydrogen-bond acceptors (Lipinski definition) is 5. The molecule has 23 heavy (non-hydrogen) atoms. The maximum Gasteiger partial charge on any atom is 0.244 e. The van der Waals surface area contributed by atoms with E-state index >= 15 is 0 Å². The molecule has 6 nitrogen and oxygen atoms in total. The van der Waals surface area contributed by atoms with Crippen molar-refractivity contribution in [3.05, 3.63) is 42.1 Å². The maximum absolute atomic E-state index is 12.7. The van der Waals surface area contributed by atoms with E-state index < -0.39 is 0 Å². The zero-order chi connectivity index (χ0) is 16.4. The van der Waals surface area contributed by atoms with Crippen LogP contribution in [0.15, 0.2) is 34.9 Å². The van der Waals surface area contributed by atoms with Crippen molar-refractivity contribution in [3.8, 4) is 5.75 Å². The lowest BCUT2D eigenvalue weighted by Crippen LogP contribution is -2.55. The van der Waals surface area contributed by atoms with Crippen LogP contribution < -0.4 is 9.64 Å². The van der Waals surface area contributed by atoms with E-state index in [0.717, 1.165) is 23.7 Å². The minimum absolute atomic E-state index is 0.0987. The second kappa shape index (κ2) is 6.42. The van der Waals surface area contributed by atoms with Crippen molar-refractivity contribution in [3.63, 3.8) is 0 Å². The fourth-order valence-corrected chi connectivity index (χ4v) is 2.84. The number of ether oxygens (including phenoxy) is 1. The summed E-state index contributed by atoms with van der Waals surface area (Å²) in [4.78, 5) is 21.0. The molecule has 0 saturated carbocycles. The Labute approximate surface area is 135 Å². The van der Waals surface area contributed by atoms with Gasteiger partial charge < -0.3 is 14.1 Å². The molecular weight excluding hydrogens is 294 g/mol. The van der Waals surface area contributed by atoms with Gasteiger partial charge in [0.05, 0.1) is 18.8 Å². The third-order valence-corrected chi connectivity index (χ3v) is 4.20. The second-order valence-electron chi connectivity index (χ2n) is 5.69. The molecule has 6 heteroatoms. The summed E-state index contributed by atoms with van der Waals surface area (Å²) in [6.07, 6.45) is 1.66. The lowest BCUT2D eigenvalue weighted by Gasteiger charge is -2.38. The number of benzene rings is 1. The van der Waals surface area contributed by atoms with Crippen LogP contribution in [0.5, 0.6) is 5.75 Å². The predicted molar refractivity (Wildman–Crippen MR) is 86.5 cm³/mol. The van der Waals surface area contributed by atoms with E-state index in [0.29, 0.717) is 19.0 Å². The van der Waals surface area contributed by atoms with Crippen LogP contribution in [0, 0.1) is 6.92 Å². The molecular formula is C17H21N3O3. The number of anilines is 1. The first-order valence-corrected chi connectivity index (χ1v) is 7.69. The lowest BCUT2D eigenvalue weighted by atomic mass is 10.1. The van der Waals surface area contributed by atoms with Gasteiger partial charge in [-0.05, 0) is 31.2 Å². The van der Waals surface area contributed by atoms with Crippen LogP contribution in [-0.2, 0) is 11.3 Å². The minimum atomic E-state index is -0.192. The standard InChI is InChI=1S/C17H21N3O3/c1-12-17(21)20(15-4-6-16(22-3)7-5-15)9-8-19(12)10-14-11-23-13(2)18-14/h4-7,11-12H,8-10H2,1-3H3. The van der Waals surface area contributed by atoms with Gasteiger partial charge in [0.15, 0.2) is 5.89 Å². The van der Waals surface area contributed by atoms with Gasteiger partial charge in [-0.3, -0.25) is 9.69 Å². The van der Waals surface area contributed by atoms with Gasteiger partial charge in [-0.1, -0.05) is 0 Å². The summed E-state index contributed by atoms with van der Waals surface area (Å²) in [6, 6.07) is 7.39. The SMILES string of the molecule is COc1ccc(N2CCN(Cc3coc(C)n3)C(C)C2=O)cc1. The highest BCUT2D eigenvalue weighted by Crippen LogP contribution is 2.24. The molecule has 0 radical (unpaired) electrons. The zero-order valence-electron chi connectivity index (χ0n) is 13.7. The van der Waals surface area contributed by atoms with Crippen LogP contribution in [0.2, 0.25) is 0 Å². The Morgan fingerprint density at radius 1 is 1.30 bits per heavy atom. The molecule has 1 aromatic heterocycles. The van der Waals surface area contributed by atoms with Crippen molar-refractivity contribution >= 4 is 11.6 Å². The molecule has 1 unspecified atom stereocenters. The number of nitrogens with zero attached hydrogens (tertiary/aromatic N) is 3. The Hall–Kier alpha value is -2.34. The van der Waals surface area contributed by atoms with Gasteiger partial charge in [-0.2, -0.15) is 0 Å². The Morgan fingerprint density at radius 2 is 2.04 bits per heavy atom. The molecule has 122 valence electrons. The van der Waals surface area contributed by atoms with E-state index in [4.69, 9.17) is 9.15 Å². The number of hydrogen-bond donors (Lipinski definition) is 0. The number of piperazine rings is 1. The van der Waals surface area contributed by atoms with Gasteiger partial charge in [0.2, 0.25) is 5.91 Å². The molecule has 1 fully saturated rings. The number of carbonyl (C=O) groups excluding carboxylic acids is 1. The molecule has 1 atom stereocenters. The van der Waals surface area contributed by atoms with Crippen LogP contribution >= 0.6 is 0 Å². The highest BCUT2D eigenvalue weighted by molar-refractivity contribution is 5.97. The average Bonchev–Trinajstić information content (AvgIpc) is 2.97. The Bertz CT molecular complexity index is 681. The van der Waals surface area contributed by atoms with Gasteiger partial charge in [0, 0.05) is 32.2 Å². The normalized spacial score (nSPS) is 19.2. The number of amides is 1. The van der Waals surface area contributed by atoms with E-state index in [1.165, 1.54) is 0 Å². The molecule has 0 N–H and O–H groups in total. The van der Waals surface area contributed by atoms with E-state index in [1.807, 2.05) is 43.0 Å². The Kier molecular flexibility index (Phi) is 4.34. The van der Waals surface area contributed by atoms with Gasteiger partial charge in [0.25, 0.3) is 0 Å². The van der Waals surface area contributed by atoms with E-state index in [1.54, 1.807) is 13.4 Å². The quantitative estimate of drug-likeness (QED) is 0.866. The number of rotatable bonds is 4. The van der Waals surface area contributed by atoms with Crippen molar-refractivity contribution < 1.29 is 13.9 Å². The topological polar surface area (TPSA) is 58.8 Å². The smallest absolute Gasteiger partial charge is 0.244 e. The summed E-state index contributed by atoms with van der Waals surface area (Å²) in [5.41, 5.74) is 1.76. The van der Waals surface area contributed by atoms with E-state index in [9.17, 15) is 4.79 Å². The van der Waals surface area contributed by atoms with E-state index in [-0.39, 0.29) is 11.9 Å². The largest absolute Gasteiger partial charge is 0.497 e. The molecule has 1 aliphatic heterocycles. The van der Waals surface area contributed by atoms with E-state index in [2.05, 4.69) is 9.88 Å². The molecule has 1 saturated heterocycles. The highest BCUT2D eigenvalue weighted by atomic mass is 16.5. The summed E-state index contributed by atoms with van der Waals surface area (Å²) in [7, 11) is 1.63. The van der Waals surface area contributed by atoms with Crippen molar-refractivity contribution in [2.45, 2.75) is 26.4 Å². The summed E-state index contributed by atoms with van der Waals surface area (Å²) in [6.45, 7) is 5.84. The third kappa shape index (κ3) is 3.22. The van der Waals surface area contributed by atoms with Crippen LogP contribution in [0.4, 0.5) is 5.69 Å². The summed E-state index contributed by atoms with van der Waals surface area (Å²) in [5.74, 6) is 1.53. The average molecular weight is 315 g/mol. The fourth-order valence-electron chi connectivity index (χ4n) is 2.84. The third-order valence-electron chi connectivity index (χ3n) is 4.20. The number of aryl methyl sites for hydroxylation is 1. The Morgan fingerprint density at radius 3 is 2.65 bits per heavy atom. The lowest BCUT2D eigenvalue weighted by molar-refractivity contribution is -0.125. The van der Waals surface area contributed by atoms with Crippen molar-refractivity contribution in [2.24, 2.45) is 0 Å². The molecule has 0 spiro atoms. The number of oxazole rings is 1. The Balaban J connectivity index is 1.70.